The van der Waals surface area contributed by atoms with Crippen LogP contribution in [0.5, 0.6) is 0 Å². The highest BCUT2D eigenvalue weighted by Gasteiger charge is 2.21. The lowest BCUT2D eigenvalue weighted by atomic mass is 10.1. The van der Waals surface area contributed by atoms with Crippen LogP contribution < -0.4 is 10.6 Å². The monoisotopic (exact) mass is 378 g/mol. The summed E-state index contributed by atoms with van der Waals surface area (Å²) in [6.45, 7) is 4.43. The molecule has 3 aromatic rings. The Morgan fingerprint density at radius 1 is 1.07 bits per heavy atom. The smallest absolute Gasteiger partial charge is 0.335 e. The van der Waals surface area contributed by atoms with Crippen LogP contribution in [0.4, 0.5) is 11.8 Å². The van der Waals surface area contributed by atoms with Gasteiger partial charge in [0.05, 0.1) is 11.1 Å². The fourth-order valence-corrected chi connectivity index (χ4v) is 3.52. The van der Waals surface area contributed by atoms with E-state index in [-0.39, 0.29) is 11.5 Å². The fourth-order valence-electron chi connectivity index (χ4n) is 3.52. The van der Waals surface area contributed by atoms with Gasteiger partial charge < -0.3 is 15.7 Å². The van der Waals surface area contributed by atoms with E-state index in [4.69, 9.17) is 5.73 Å². The van der Waals surface area contributed by atoms with E-state index in [1.54, 1.807) is 12.1 Å². The molecular formula is C20H22N6O2. The van der Waals surface area contributed by atoms with Crippen LogP contribution in [0.3, 0.4) is 0 Å². The van der Waals surface area contributed by atoms with Crippen molar-refractivity contribution in [3.63, 3.8) is 0 Å². The summed E-state index contributed by atoms with van der Waals surface area (Å²) in [7, 11) is 0. The molecule has 1 aliphatic heterocycles. The first-order valence-electron chi connectivity index (χ1n) is 9.27. The van der Waals surface area contributed by atoms with Gasteiger partial charge in [-0.2, -0.15) is 4.98 Å². The molecule has 0 atom stereocenters. The minimum Gasteiger partial charge on any atom is -0.478 e. The van der Waals surface area contributed by atoms with Crippen molar-refractivity contribution in [1.82, 2.24) is 19.9 Å². The van der Waals surface area contributed by atoms with Crippen molar-refractivity contribution in [3.05, 3.63) is 53.9 Å². The number of aromatic carboxylic acids is 1. The Kier molecular flexibility index (Phi) is 5.03. The van der Waals surface area contributed by atoms with E-state index in [9.17, 15) is 9.90 Å². The summed E-state index contributed by atoms with van der Waals surface area (Å²) in [4.78, 5) is 28.6. The lowest BCUT2D eigenvalue weighted by Gasteiger charge is -2.35. The number of rotatable bonds is 5. The van der Waals surface area contributed by atoms with Crippen molar-refractivity contribution >= 4 is 28.6 Å². The molecule has 3 heterocycles. The summed E-state index contributed by atoms with van der Waals surface area (Å²) in [6.07, 6.45) is 4.64. The minimum absolute atomic E-state index is 0.200. The molecule has 8 nitrogen and oxygen atoms in total. The first-order valence-corrected chi connectivity index (χ1v) is 9.27. The third-order valence-corrected chi connectivity index (χ3v) is 5.08. The zero-order valence-electron chi connectivity index (χ0n) is 15.5. The number of nitrogens with zero attached hydrogens (tertiary/aromatic N) is 5. The number of aromatic nitrogens is 3. The number of hydrogen-bond acceptors (Lipinski definition) is 7. The van der Waals surface area contributed by atoms with Gasteiger partial charge in [-0.15, -0.1) is 0 Å². The third kappa shape index (κ3) is 3.86. The molecule has 1 aliphatic rings. The van der Waals surface area contributed by atoms with E-state index in [2.05, 4.69) is 24.8 Å². The van der Waals surface area contributed by atoms with E-state index in [1.165, 1.54) is 11.6 Å². The molecule has 0 bridgehead atoms. The summed E-state index contributed by atoms with van der Waals surface area (Å²) in [6, 6.07) is 8.95. The van der Waals surface area contributed by atoms with Crippen LogP contribution in [0.1, 0.15) is 15.9 Å². The average Bonchev–Trinajstić information content (AvgIpc) is 2.72. The zero-order valence-corrected chi connectivity index (χ0v) is 15.5. The van der Waals surface area contributed by atoms with E-state index in [0.717, 1.165) is 44.5 Å². The normalized spacial score (nSPS) is 15.1. The van der Waals surface area contributed by atoms with Crippen LogP contribution in [-0.2, 0) is 6.42 Å². The van der Waals surface area contributed by atoms with Crippen LogP contribution in [0.15, 0.2) is 42.7 Å². The Hall–Kier alpha value is -3.26. The number of piperazine rings is 1. The van der Waals surface area contributed by atoms with Crippen LogP contribution in [-0.4, -0.2) is 63.7 Å². The average molecular weight is 378 g/mol. The molecule has 1 aromatic carbocycles. The number of nitrogens with two attached hydrogens (primary N) is 1. The van der Waals surface area contributed by atoms with Gasteiger partial charge >= 0.3 is 5.97 Å². The van der Waals surface area contributed by atoms with E-state index in [1.807, 2.05) is 24.5 Å². The van der Waals surface area contributed by atoms with E-state index >= 15 is 0 Å². The topological polar surface area (TPSA) is 108 Å². The molecule has 0 saturated carbocycles. The highest BCUT2D eigenvalue weighted by molar-refractivity contribution is 5.97. The standard InChI is InChI=1S/C20H22N6O2/c21-20-23-17-2-1-15(19(27)28)13-16(17)18(24-20)26-11-9-25(10-12-26)8-5-14-3-6-22-7-4-14/h1-4,6-7,13H,5,8-12H2,(H,27,28)(H2,21,23,24). The highest BCUT2D eigenvalue weighted by atomic mass is 16.4. The minimum atomic E-state index is -0.967. The Labute approximate surface area is 162 Å². The number of carboxylic acids is 1. The number of fused-ring (bicyclic) bond motifs is 1. The first kappa shape index (κ1) is 18.1. The third-order valence-electron chi connectivity index (χ3n) is 5.08. The Balaban J connectivity index is 1.48. The van der Waals surface area contributed by atoms with Crippen molar-refractivity contribution in [1.29, 1.82) is 0 Å². The maximum atomic E-state index is 11.3. The number of nitrogen functional groups attached to an aromatic ring is 1. The Morgan fingerprint density at radius 2 is 1.82 bits per heavy atom. The van der Waals surface area contributed by atoms with Crippen LogP contribution in [0.2, 0.25) is 0 Å². The lowest BCUT2D eigenvalue weighted by molar-refractivity contribution is 0.0697. The van der Waals surface area contributed by atoms with Gasteiger partial charge in [0, 0.05) is 50.5 Å². The van der Waals surface area contributed by atoms with Gasteiger partial charge in [0.25, 0.3) is 0 Å². The predicted molar refractivity (Wildman–Crippen MR) is 108 cm³/mol. The second kappa shape index (κ2) is 7.77. The summed E-state index contributed by atoms with van der Waals surface area (Å²) in [5.41, 5.74) is 8.05. The largest absolute Gasteiger partial charge is 0.478 e. The van der Waals surface area contributed by atoms with Crippen molar-refractivity contribution in [2.45, 2.75) is 6.42 Å². The van der Waals surface area contributed by atoms with E-state index in [0.29, 0.717) is 11.3 Å². The molecule has 0 amide bonds. The summed E-state index contributed by atoms with van der Waals surface area (Å²) < 4.78 is 0. The number of anilines is 2. The molecule has 8 heteroatoms. The number of carboxylic acid groups (broad SMARTS) is 1. The van der Waals surface area contributed by atoms with Crippen LogP contribution in [0.25, 0.3) is 10.9 Å². The van der Waals surface area contributed by atoms with Crippen molar-refractivity contribution < 1.29 is 9.90 Å². The summed E-state index contributed by atoms with van der Waals surface area (Å²) >= 11 is 0. The highest BCUT2D eigenvalue weighted by Crippen LogP contribution is 2.27. The molecule has 4 rings (SSSR count). The van der Waals surface area contributed by atoms with Gasteiger partial charge in [0.2, 0.25) is 5.95 Å². The molecule has 1 saturated heterocycles. The summed E-state index contributed by atoms with van der Waals surface area (Å²) in [5, 5.41) is 10.0. The Morgan fingerprint density at radius 3 is 2.54 bits per heavy atom. The fraction of sp³-hybridized carbons (Fsp3) is 0.300. The maximum absolute atomic E-state index is 11.3. The molecule has 2 aromatic heterocycles. The van der Waals surface area contributed by atoms with Gasteiger partial charge in [-0.1, -0.05) is 0 Å². The van der Waals surface area contributed by atoms with Crippen molar-refractivity contribution in [2.75, 3.05) is 43.4 Å². The predicted octanol–water partition coefficient (Wildman–Crippen LogP) is 1.67. The van der Waals surface area contributed by atoms with Gasteiger partial charge in [-0.3, -0.25) is 9.88 Å². The van der Waals surface area contributed by atoms with Gasteiger partial charge in [0.1, 0.15) is 5.82 Å². The van der Waals surface area contributed by atoms with Gasteiger partial charge in [-0.05, 0) is 42.3 Å². The van der Waals surface area contributed by atoms with Crippen LogP contribution in [0, 0.1) is 0 Å². The molecule has 28 heavy (non-hydrogen) atoms. The Bertz CT molecular complexity index is 987. The second-order valence-electron chi connectivity index (χ2n) is 6.88. The second-order valence-corrected chi connectivity index (χ2v) is 6.88. The number of pyridine rings is 1. The van der Waals surface area contributed by atoms with Crippen molar-refractivity contribution in [3.8, 4) is 0 Å². The van der Waals surface area contributed by atoms with E-state index < -0.39 is 5.97 Å². The number of hydrogen-bond donors (Lipinski definition) is 2. The molecule has 144 valence electrons. The maximum Gasteiger partial charge on any atom is 0.335 e. The SMILES string of the molecule is Nc1nc(N2CCN(CCc3ccncc3)CC2)c2cc(C(=O)O)ccc2n1. The van der Waals surface area contributed by atoms with Gasteiger partial charge in [0.15, 0.2) is 0 Å². The zero-order chi connectivity index (χ0) is 19.5. The molecular weight excluding hydrogens is 356 g/mol. The molecule has 0 unspecified atom stereocenters. The molecule has 3 N–H and O–H groups in total. The lowest BCUT2D eigenvalue weighted by Crippen LogP contribution is -2.47. The molecule has 0 spiro atoms. The number of benzene rings is 1. The first-order chi connectivity index (χ1) is 13.6. The molecule has 0 radical (unpaired) electrons. The van der Waals surface area contributed by atoms with Crippen LogP contribution >= 0.6 is 0 Å². The molecule has 1 fully saturated rings. The molecule has 0 aliphatic carbocycles. The number of carbonyl (C=O) groups is 1. The quantitative estimate of drug-likeness (QED) is 0.690. The van der Waals surface area contributed by atoms with Crippen molar-refractivity contribution in [2.24, 2.45) is 0 Å². The summed E-state index contributed by atoms with van der Waals surface area (Å²) in [5.74, 6) is -0.0596. The van der Waals surface area contributed by atoms with Gasteiger partial charge in [-0.25, -0.2) is 9.78 Å².